The summed E-state index contributed by atoms with van der Waals surface area (Å²) in [6.45, 7) is 2.09. The summed E-state index contributed by atoms with van der Waals surface area (Å²) in [6.07, 6.45) is 1.46. The van der Waals surface area contributed by atoms with E-state index in [4.69, 9.17) is 8.92 Å². The highest BCUT2D eigenvalue weighted by molar-refractivity contribution is 14.1. The molecule has 0 bridgehead atoms. The molecule has 4 rings (SSSR count). The molecule has 0 aliphatic rings. The number of thioether (sulfide) groups is 1. The minimum Gasteiger partial charge on any atom is -0.490 e. The van der Waals surface area contributed by atoms with Crippen LogP contribution >= 0.6 is 45.7 Å². The molecule has 3 aromatic carbocycles. The van der Waals surface area contributed by atoms with Gasteiger partial charge in [-0.25, -0.2) is 10.4 Å². The molecule has 186 valence electrons. The molecule has 0 unspecified atom stereocenters. The summed E-state index contributed by atoms with van der Waals surface area (Å²) in [4.78, 5) is 16.8. The predicted molar refractivity (Wildman–Crippen MR) is 151 cm³/mol. The summed E-state index contributed by atoms with van der Waals surface area (Å²) in [5.74, 6) is 0.241. The zero-order chi connectivity index (χ0) is 25.5. The van der Waals surface area contributed by atoms with Gasteiger partial charge in [0.25, 0.3) is 5.91 Å². The van der Waals surface area contributed by atoms with E-state index in [0.29, 0.717) is 15.7 Å². The normalized spacial score (nSPS) is 11.6. The van der Waals surface area contributed by atoms with Crippen LogP contribution in [0.5, 0.6) is 11.5 Å². The Morgan fingerprint density at radius 2 is 1.92 bits per heavy atom. The molecular formula is C24H20IN3O5S3. The van der Waals surface area contributed by atoms with E-state index in [9.17, 15) is 13.2 Å². The molecule has 0 aliphatic carbocycles. The van der Waals surface area contributed by atoms with Crippen LogP contribution in [0.15, 0.2) is 81.1 Å². The summed E-state index contributed by atoms with van der Waals surface area (Å²) >= 11 is 4.85. The number of para-hydroxylation sites is 1. The van der Waals surface area contributed by atoms with Gasteiger partial charge in [-0.3, -0.25) is 4.79 Å². The maximum atomic E-state index is 12.7. The molecule has 1 amide bonds. The number of halogens is 1. The van der Waals surface area contributed by atoms with Gasteiger partial charge in [-0.05, 0) is 71.5 Å². The Kier molecular flexibility index (Phi) is 8.82. The van der Waals surface area contributed by atoms with E-state index < -0.39 is 10.1 Å². The zero-order valence-corrected chi connectivity index (χ0v) is 23.5. The molecular weight excluding hydrogens is 633 g/mol. The molecule has 0 atom stereocenters. The van der Waals surface area contributed by atoms with Crippen LogP contribution in [-0.2, 0) is 14.9 Å². The number of aromatic nitrogens is 1. The fourth-order valence-corrected chi connectivity index (χ4v) is 6.73. The Hall–Kier alpha value is -2.68. The molecule has 1 heterocycles. The second-order valence-corrected chi connectivity index (χ2v) is 12.1. The number of carbonyl (C=O) groups excluding carboxylic acids is 1. The Morgan fingerprint density at radius 1 is 1.17 bits per heavy atom. The highest BCUT2D eigenvalue weighted by atomic mass is 127. The van der Waals surface area contributed by atoms with E-state index in [1.165, 1.54) is 41.4 Å². The first-order valence-electron chi connectivity index (χ1n) is 10.6. The Labute approximate surface area is 230 Å². The highest BCUT2D eigenvalue weighted by Crippen LogP contribution is 2.36. The average molecular weight is 654 g/mol. The molecule has 8 nitrogen and oxygen atoms in total. The minimum atomic E-state index is -4.04. The van der Waals surface area contributed by atoms with Crippen LogP contribution in [-0.4, -0.2) is 37.9 Å². The van der Waals surface area contributed by atoms with Gasteiger partial charge in [0.15, 0.2) is 15.8 Å². The number of thiazole rings is 1. The van der Waals surface area contributed by atoms with E-state index in [2.05, 4.69) is 15.5 Å². The minimum absolute atomic E-state index is 0.0420. The van der Waals surface area contributed by atoms with Crippen LogP contribution in [0.2, 0.25) is 0 Å². The monoisotopic (exact) mass is 653 g/mol. The van der Waals surface area contributed by atoms with Crippen LogP contribution in [0.1, 0.15) is 12.5 Å². The molecule has 0 saturated carbocycles. The third-order valence-electron chi connectivity index (χ3n) is 4.56. The van der Waals surface area contributed by atoms with E-state index in [1.54, 1.807) is 37.3 Å². The third kappa shape index (κ3) is 6.75. The lowest BCUT2D eigenvalue weighted by Gasteiger charge is -2.14. The number of hydrogen-bond donors (Lipinski definition) is 1. The molecule has 1 N–H and O–H groups in total. The highest BCUT2D eigenvalue weighted by Gasteiger charge is 2.22. The lowest BCUT2D eigenvalue weighted by atomic mass is 10.2. The second kappa shape index (κ2) is 12.0. The molecule has 12 heteroatoms. The number of ether oxygens (including phenoxy) is 1. The van der Waals surface area contributed by atoms with Gasteiger partial charge < -0.3 is 8.92 Å². The van der Waals surface area contributed by atoms with Crippen LogP contribution < -0.4 is 14.3 Å². The van der Waals surface area contributed by atoms with E-state index >= 15 is 0 Å². The number of nitrogens with one attached hydrogen (secondary N) is 1. The molecule has 4 aromatic rings. The van der Waals surface area contributed by atoms with Crippen molar-refractivity contribution in [2.45, 2.75) is 16.2 Å². The van der Waals surface area contributed by atoms with Crippen LogP contribution in [0.25, 0.3) is 10.2 Å². The van der Waals surface area contributed by atoms with E-state index in [0.717, 1.165) is 14.6 Å². The number of rotatable bonds is 10. The van der Waals surface area contributed by atoms with Crippen molar-refractivity contribution in [3.05, 3.63) is 75.9 Å². The van der Waals surface area contributed by atoms with Gasteiger partial charge in [0.2, 0.25) is 0 Å². The standard InChI is InChI=1S/C24H20IN3O5S3/c1-2-32-20-13-16(12-18(25)23(20)33-36(30,31)17-8-4-3-5-9-17)14-26-28-22(29)15-34-24-27-19-10-6-7-11-21(19)35-24/h3-14H,2,15H2,1H3,(H,28,29)/b26-14-. The van der Waals surface area contributed by atoms with Crippen molar-refractivity contribution in [2.24, 2.45) is 5.10 Å². The van der Waals surface area contributed by atoms with Crippen LogP contribution in [0.3, 0.4) is 0 Å². The summed E-state index contributed by atoms with van der Waals surface area (Å²) in [7, 11) is -4.04. The molecule has 0 saturated heterocycles. The smallest absolute Gasteiger partial charge is 0.339 e. The first-order valence-corrected chi connectivity index (χ1v) is 14.9. The summed E-state index contributed by atoms with van der Waals surface area (Å²) in [5, 5.41) is 4.02. The summed E-state index contributed by atoms with van der Waals surface area (Å²) < 4.78 is 38.8. The van der Waals surface area contributed by atoms with Crippen molar-refractivity contribution < 1.29 is 22.1 Å². The number of nitrogens with zero attached hydrogens (tertiary/aromatic N) is 2. The number of amides is 1. The second-order valence-electron chi connectivity index (χ2n) is 7.14. The molecule has 0 radical (unpaired) electrons. The van der Waals surface area contributed by atoms with Crippen LogP contribution in [0.4, 0.5) is 0 Å². The molecule has 1 aromatic heterocycles. The number of fused-ring (bicyclic) bond motifs is 1. The summed E-state index contributed by atoms with van der Waals surface area (Å²) in [6, 6.07) is 19.0. The number of hydrogen-bond acceptors (Lipinski definition) is 9. The Morgan fingerprint density at radius 3 is 2.67 bits per heavy atom. The van der Waals surface area contributed by atoms with Gasteiger partial charge in [0.05, 0.1) is 32.4 Å². The quantitative estimate of drug-likeness (QED) is 0.0813. The third-order valence-corrected chi connectivity index (χ3v) is 8.78. The van der Waals surface area contributed by atoms with Gasteiger partial charge in [0.1, 0.15) is 4.90 Å². The summed E-state index contributed by atoms with van der Waals surface area (Å²) in [5.41, 5.74) is 4.01. The van der Waals surface area contributed by atoms with E-state index in [-0.39, 0.29) is 28.1 Å². The van der Waals surface area contributed by atoms with Crippen molar-refractivity contribution in [3.8, 4) is 11.5 Å². The van der Waals surface area contributed by atoms with Crippen molar-refractivity contribution in [1.29, 1.82) is 0 Å². The number of carbonyl (C=O) groups is 1. The molecule has 0 aliphatic heterocycles. The van der Waals surface area contributed by atoms with Gasteiger partial charge in [-0.2, -0.15) is 13.5 Å². The van der Waals surface area contributed by atoms with Crippen molar-refractivity contribution >= 4 is 78.1 Å². The SMILES string of the molecule is CCOc1cc(/C=N\NC(=O)CSc2nc3ccccc3s2)cc(I)c1OS(=O)(=O)c1ccccc1. The fourth-order valence-electron chi connectivity index (χ4n) is 3.00. The Bertz CT molecular complexity index is 1480. The molecule has 0 fully saturated rings. The van der Waals surface area contributed by atoms with Crippen molar-refractivity contribution in [3.63, 3.8) is 0 Å². The first kappa shape index (κ1) is 26.4. The fraction of sp³-hybridized carbons (Fsp3) is 0.125. The zero-order valence-electron chi connectivity index (χ0n) is 18.9. The predicted octanol–water partition coefficient (Wildman–Crippen LogP) is 5.31. The van der Waals surface area contributed by atoms with Crippen molar-refractivity contribution in [2.75, 3.05) is 12.4 Å². The molecule has 0 spiro atoms. The van der Waals surface area contributed by atoms with Crippen LogP contribution in [0, 0.1) is 3.57 Å². The topological polar surface area (TPSA) is 107 Å². The number of hydrazone groups is 1. The van der Waals surface area contributed by atoms with Gasteiger partial charge in [-0.15, -0.1) is 11.3 Å². The van der Waals surface area contributed by atoms with Crippen molar-refractivity contribution in [1.82, 2.24) is 10.4 Å². The Balaban J connectivity index is 1.41. The lowest BCUT2D eigenvalue weighted by Crippen LogP contribution is -2.19. The first-order chi connectivity index (χ1) is 17.4. The molecule has 36 heavy (non-hydrogen) atoms. The van der Waals surface area contributed by atoms with Gasteiger partial charge >= 0.3 is 10.1 Å². The van der Waals surface area contributed by atoms with Gasteiger partial charge in [-0.1, -0.05) is 42.1 Å². The van der Waals surface area contributed by atoms with Gasteiger partial charge in [0, 0.05) is 0 Å². The number of benzene rings is 3. The lowest BCUT2D eigenvalue weighted by molar-refractivity contribution is -0.118. The van der Waals surface area contributed by atoms with E-state index in [1.807, 2.05) is 46.9 Å². The largest absolute Gasteiger partial charge is 0.490 e. The average Bonchev–Trinajstić information content (AvgIpc) is 3.29. The maximum Gasteiger partial charge on any atom is 0.339 e. The maximum absolute atomic E-state index is 12.7.